The summed E-state index contributed by atoms with van der Waals surface area (Å²) in [5.41, 5.74) is 6.00. The Kier molecular flexibility index (Phi) is 12.1. The van der Waals surface area contributed by atoms with Crippen LogP contribution in [-0.2, 0) is 10.2 Å². The number of primary amides is 1. The normalized spacial score (nSPS) is 17.7. The van der Waals surface area contributed by atoms with E-state index in [0.717, 1.165) is 63.5 Å². The lowest BCUT2D eigenvalue weighted by molar-refractivity contribution is -0.123. The Morgan fingerprint density at radius 2 is 2.13 bits per heavy atom. The van der Waals surface area contributed by atoms with Crippen molar-refractivity contribution >= 4 is 47.4 Å². The number of hydrogen-bond donors (Lipinski definition) is 3. The summed E-state index contributed by atoms with van der Waals surface area (Å²) in [7, 11) is 0. The van der Waals surface area contributed by atoms with Crippen LogP contribution >= 0.6 is 35.6 Å². The molecule has 1 atom stereocenters. The summed E-state index contributed by atoms with van der Waals surface area (Å²) < 4.78 is 13.4. The van der Waals surface area contributed by atoms with Gasteiger partial charge in [0.15, 0.2) is 5.96 Å². The standard InChI is InChI=1S/C22H35ClFN5O.HI/c1-4-26-21(27-10-6-12-29-11-5-7-16(14-29)20(25)30)28-15-22(2,3)18-9-8-17(24)13-19(18)23;/h8-9,13,16H,4-7,10-12,14-15H2,1-3H3,(H2,25,30)(H2,26,27,28);1H. The first kappa shape index (κ1) is 27.9. The van der Waals surface area contributed by atoms with E-state index in [1.807, 2.05) is 20.8 Å². The van der Waals surface area contributed by atoms with Gasteiger partial charge in [0.25, 0.3) is 0 Å². The van der Waals surface area contributed by atoms with Crippen LogP contribution in [0.25, 0.3) is 0 Å². The van der Waals surface area contributed by atoms with Gasteiger partial charge in [0.1, 0.15) is 5.82 Å². The molecule has 0 radical (unpaired) electrons. The number of carbonyl (C=O) groups is 1. The molecule has 4 N–H and O–H groups in total. The second-order valence-corrected chi connectivity index (χ2v) is 8.93. The van der Waals surface area contributed by atoms with Crippen LogP contribution in [0.3, 0.4) is 0 Å². The van der Waals surface area contributed by atoms with Gasteiger partial charge in [-0.3, -0.25) is 9.79 Å². The second-order valence-electron chi connectivity index (χ2n) is 8.53. The van der Waals surface area contributed by atoms with Crippen LogP contribution in [0.15, 0.2) is 23.2 Å². The number of nitrogens with one attached hydrogen (secondary N) is 2. The number of rotatable bonds is 9. The molecule has 31 heavy (non-hydrogen) atoms. The first-order valence-corrected chi connectivity index (χ1v) is 11.1. The maximum atomic E-state index is 13.4. The average molecular weight is 568 g/mol. The molecule has 1 aliphatic heterocycles. The monoisotopic (exact) mass is 567 g/mol. The summed E-state index contributed by atoms with van der Waals surface area (Å²) in [6, 6.07) is 4.50. The van der Waals surface area contributed by atoms with Gasteiger partial charge in [-0.05, 0) is 57.0 Å². The van der Waals surface area contributed by atoms with Crippen molar-refractivity contribution in [1.29, 1.82) is 0 Å². The van der Waals surface area contributed by atoms with Gasteiger partial charge in [0.05, 0.1) is 12.5 Å². The Bertz CT molecular complexity index is 747. The van der Waals surface area contributed by atoms with E-state index in [2.05, 4.69) is 15.5 Å². The summed E-state index contributed by atoms with van der Waals surface area (Å²) in [6.45, 7) is 10.9. The highest BCUT2D eigenvalue weighted by atomic mass is 127. The van der Waals surface area contributed by atoms with E-state index in [1.165, 1.54) is 12.1 Å². The largest absolute Gasteiger partial charge is 0.369 e. The van der Waals surface area contributed by atoms with E-state index in [1.54, 1.807) is 6.07 Å². The van der Waals surface area contributed by atoms with Crippen molar-refractivity contribution < 1.29 is 9.18 Å². The summed E-state index contributed by atoms with van der Waals surface area (Å²) >= 11 is 6.24. The minimum Gasteiger partial charge on any atom is -0.369 e. The zero-order valence-electron chi connectivity index (χ0n) is 18.7. The third-order valence-corrected chi connectivity index (χ3v) is 5.80. The molecule has 1 aliphatic rings. The predicted octanol–water partition coefficient (Wildman–Crippen LogP) is 3.52. The zero-order chi connectivity index (χ0) is 22.1. The van der Waals surface area contributed by atoms with Crippen molar-refractivity contribution in [3.05, 3.63) is 34.6 Å². The van der Waals surface area contributed by atoms with Gasteiger partial charge in [0, 0.05) is 30.1 Å². The molecule has 1 amide bonds. The summed E-state index contributed by atoms with van der Waals surface area (Å²) in [4.78, 5) is 18.4. The first-order chi connectivity index (χ1) is 14.2. The first-order valence-electron chi connectivity index (χ1n) is 10.7. The lowest BCUT2D eigenvalue weighted by Gasteiger charge is -2.31. The number of halogens is 3. The molecule has 176 valence electrons. The third-order valence-electron chi connectivity index (χ3n) is 5.49. The molecule has 1 aromatic carbocycles. The second kappa shape index (κ2) is 13.4. The molecule has 6 nitrogen and oxygen atoms in total. The highest BCUT2D eigenvalue weighted by Crippen LogP contribution is 2.30. The van der Waals surface area contributed by atoms with Crippen molar-refractivity contribution in [2.45, 2.75) is 45.4 Å². The highest BCUT2D eigenvalue weighted by Gasteiger charge is 2.24. The summed E-state index contributed by atoms with van der Waals surface area (Å²) in [6.07, 6.45) is 2.87. The molecule has 0 bridgehead atoms. The molecule has 1 fully saturated rings. The molecule has 1 heterocycles. The molecule has 2 rings (SSSR count). The number of hydrogen-bond acceptors (Lipinski definition) is 3. The van der Waals surface area contributed by atoms with Crippen LogP contribution in [0.5, 0.6) is 0 Å². The number of guanidine groups is 1. The van der Waals surface area contributed by atoms with Crippen LogP contribution in [0.1, 0.15) is 45.6 Å². The molecule has 1 unspecified atom stereocenters. The van der Waals surface area contributed by atoms with Crippen LogP contribution in [0.4, 0.5) is 4.39 Å². The van der Waals surface area contributed by atoms with Gasteiger partial charge in [-0.2, -0.15) is 0 Å². The van der Waals surface area contributed by atoms with Gasteiger partial charge in [0.2, 0.25) is 5.91 Å². The molecule has 9 heteroatoms. The van der Waals surface area contributed by atoms with Crippen molar-refractivity contribution in [3.63, 3.8) is 0 Å². The van der Waals surface area contributed by atoms with E-state index in [0.29, 0.717) is 11.6 Å². The Labute approximate surface area is 207 Å². The minimum atomic E-state index is -0.339. The number of likely N-dealkylation sites (tertiary alicyclic amines) is 1. The predicted molar refractivity (Wildman–Crippen MR) is 137 cm³/mol. The number of aliphatic imine (C=N–C) groups is 1. The van der Waals surface area contributed by atoms with Gasteiger partial charge in [-0.1, -0.05) is 31.5 Å². The Morgan fingerprint density at radius 1 is 1.39 bits per heavy atom. The number of nitrogens with two attached hydrogens (primary N) is 1. The minimum absolute atomic E-state index is 0. The molecule has 1 saturated heterocycles. The van der Waals surface area contributed by atoms with Crippen molar-refractivity contribution in [1.82, 2.24) is 15.5 Å². The van der Waals surface area contributed by atoms with Crippen LogP contribution in [0, 0.1) is 11.7 Å². The van der Waals surface area contributed by atoms with E-state index in [-0.39, 0.29) is 47.0 Å². The van der Waals surface area contributed by atoms with Crippen LogP contribution < -0.4 is 16.4 Å². The topological polar surface area (TPSA) is 82.8 Å². The molecule has 0 aliphatic carbocycles. The summed E-state index contributed by atoms with van der Waals surface area (Å²) in [5.74, 6) is 0.195. The lowest BCUT2D eigenvalue weighted by Crippen LogP contribution is -2.43. The molecule has 0 spiro atoms. The Balaban J connectivity index is 0.00000480. The highest BCUT2D eigenvalue weighted by molar-refractivity contribution is 14.0. The quantitative estimate of drug-likeness (QED) is 0.185. The fourth-order valence-electron chi connectivity index (χ4n) is 3.74. The van der Waals surface area contributed by atoms with Gasteiger partial charge >= 0.3 is 0 Å². The van der Waals surface area contributed by atoms with E-state index >= 15 is 0 Å². The fourth-order valence-corrected chi connectivity index (χ4v) is 4.17. The SMILES string of the molecule is CCNC(=NCC(C)(C)c1ccc(F)cc1Cl)NCCCN1CCCC(C(N)=O)C1.I. The zero-order valence-corrected chi connectivity index (χ0v) is 21.8. The smallest absolute Gasteiger partial charge is 0.221 e. The molecular weight excluding hydrogens is 532 g/mol. The number of carbonyl (C=O) groups excluding carboxylic acids is 1. The van der Waals surface area contributed by atoms with Crippen molar-refractivity contribution in [3.8, 4) is 0 Å². The number of amides is 1. The number of piperidine rings is 1. The third kappa shape index (κ3) is 9.10. The Morgan fingerprint density at radius 3 is 2.77 bits per heavy atom. The maximum Gasteiger partial charge on any atom is 0.221 e. The Hall–Kier alpha value is -1.13. The molecular formula is C22H36ClFIN5O. The van der Waals surface area contributed by atoms with Crippen LogP contribution in [0.2, 0.25) is 5.02 Å². The van der Waals surface area contributed by atoms with Gasteiger partial charge in [-0.15, -0.1) is 24.0 Å². The van der Waals surface area contributed by atoms with E-state index < -0.39 is 0 Å². The fraction of sp³-hybridized carbons (Fsp3) is 0.636. The maximum absolute atomic E-state index is 13.4. The van der Waals surface area contributed by atoms with E-state index in [9.17, 15) is 9.18 Å². The van der Waals surface area contributed by atoms with Crippen LogP contribution in [-0.4, -0.2) is 56.0 Å². The molecule has 0 aromatic heterocycles. The average Bonchev–Trinajstić information content (AvgIpc) is 2.69. The van der Waals surface area contributed by atoms with Crippen molar-refractivity contribution in [2.75, 3.05) is 39.3 Å². The van der Waals surface area contributed by atoms with Gasteiger partial charge in [-0.25, -0.2) is 4.39 Å². The summed E-state index contributed by atoms with van der Waals surface area (Å²) in [5, 5.41) is 7.05. The molecule has 1 aromatic rings. The lowest BCUT2D eigenvalue weighted by atomic mass is 9.84. The van der Waals surface area contributed by atoms with Crippen molar-refractivity contribution in [2.24, 2.45) is 16.6 Å². The van der Waals surface area contributed by atoms with E-state index in [4.69, 9.17) is 22.3 Å². The molecule has 0 saturated carbocycles. The number of nitrogens with zero attached hydrogens (tertiary/aromatic N) is 2. The number of benzene rings is 1. The van der Waals surface area contributed by atoms with Gasteiger partial charge < -0.3 is 21.3 Å².